The number of anilines is 2. The van der Waals surface area contributed by atoms with Crippen LogP contribution >= 0.6 is 11.5 Å². The van der Waals surface area contributed by atoms with E-state index in [0.717, 1.165) is 66.2 Å². The lowest BCUT2D eigenvalue weighted by molar-refractivity contribution is -0.132. The molecular formula is C27H33N5O3S. The van der Waals surface area contributed by atoms with E-state index in [-0.39, 0.29) is 11.9 Å². The van der Waals surface area contributed by atoms with Crippen molar-refractivity contribution in [2.24, 2.45) is 0 Å². The molecule has 8 nitrogen and oxygen atoms in total. The van der Waals surface area contributed by atoms with Gasteiger partial charge in [0, 0.05) is 50.7 Å². The second-order valence-electron chi connectivity index (χ2n) is 9.09. The molecule has 5 rings (SSSR count). The van der Waals surface area contributed by atoms with Crippen LogP contribution < -0.4 is 19.3 Å². The van der Waals surface area contributed by atoms with Gasteiger partial charge in [-0.2, -0.15) is 4.37 Å². The van der Waals surface area contributed by atoms with Crippen molar-refractivity contribution in [2.45, 2.75) is 32.2 Å². The number of ether oxygens (including phenoxy) is 2. The second kappa shape index (κ2) is 11.2. The number of benzene rings is 2. The first kappa shape index (κ1) is 24.4. The van der Waals surface area contributed by atoms with E-state index in [9.17, 15) is 4.79 Å². The summed E-state index contributed by atoms with van der Waals surface area (Å²) in [7, 11) is 1.67. The Morgan fingerprint density at radius 3 is 2.72 bits per heavy atom. The van der Waals surface area contributed by atoms with Crippen LogP contribution in [0.3, 0.4) is 0 Å². The molecule has 36 heavy (non-hydrogen) atoms. The lowest BCUT2D eigenvalue weighted by Crippen LogP contribution is -2.54. The van der Waals surface area contributed by atoms with Crippen LogP contribution in [0, 0.1) is 0 Å². The highest BCUT2D eigenvalue weighted by atomic mass is 32.1. The molecule has 3 heterocycles. The van der Waals surface area contributed by atoms with E-state index in [1.807, 2.05) is 48.2 Å². The molecule has 3 aromatic rings. The van der Waals surface area contributed by atoms with Gasteiger partial charge in [-0.1, -0.05) is 24.3 Å². The molecule has 0 spiro atoms. The van der Waals surface area contributed by atoms with Crippen LogP contribution in [0.1, 0.15) is 31.2 Å². The summed E-state index contributed by atoms with van der Waals surface area (Å²) < 4.78 is 15.7. The molecular weight excluding hydrogens is 474 g/mol. The molecule has 1 amide bonds. The Balaban J connectivity index is 1.21. The zero-order chi connectivity index (χ0) is 24.9. The van der Waals surface area contributed by atoms with Crippen LogP contribution in [0.25, 0.3) is 0 Å². The number of aromatic nitrogens is 2. The Hall–Kier alpha value is -3.33. The topological polar surface area (TPSA) is 71.0 Å². The summed E-state index contributed by atoms with van der Waals surface area (Å²) in [5, 5.41) is 0.841. The van der Waals surface area contributed by atoms with Crippen molar-refractivity contribution >= 4 is 28.3 Å². The SMILES string of the molecule is CCOc1ccccc1N1CCN(C(=O)C2CCCN2c2nc(Cc3cccc(OC)c3)ns2)CC1. The van der Waals surface area contributed by atoms with Gasteiger partial charge in [0.15, 0.2) is 0 Å². The molecule has 2 saturated heterocycles. The lowest BCUT2D eigenvalue weighted by atomic mass is 10.1. The quantitative estimate of drug-likeness (QED) is 0.459. The fourth-order valence-electron chi connectivity index (χ4n) is 5.03. The third-order valence-corrected chi connectivity index (χ3v) is 7.63. The van der Waals surface area contributed by atoms with E-state index in [1.165, 1.54) is 11.5 Å². The van der Waals surface area contributed by atoms with Crippen molar-refractivity contribution in [1.29, 1.82) is 0 Å². The molecule has 9 heteroatoms. The van der Waals surface area contributed by atoms with Crippen molar-refractivity contribution in [2.75, 3.05) is 56.2 Å². The number of carbonyl (C=O) groups is 1. The number of amides is 1. The van der Waals surface area contributed by atoms with Gasteiger partial charge in [0.2, 0.25) is 11.0 Å². The van der Waals surface area contributed by atoms with E-state index < -0.39 is 0 Å². The van der Waals surface area contributed by atoms with E-state index in [2.05, 4.69) is 26.3 Å². The fourth-order valence-corrected chi connectivity index (χ4v) is 5.79. The lowest BCUT2D eigenvalue weighted by Gasteiger charge is -2.38. The fraction of sp³-hybridized carbons (Fsp3) is 0.444. The molecule has 0 aliphatic carbocycles. The summed E-state index contributed by atoms with van der Waals surface area (Å²) in [6.07, 6.45) is 2.49. The summed E-state index contributed by atoms with van der Waals surface area (Å²) in [5.41, 5.74) is 2.21. The first-order valence-corrected chi connectivity index (χ1v) is 13.4. The van der Waals surface area contributed by atoms with Gasteiger partial charge < -0.3 is 24.2 Å². The molecule has 0 radical (unpaired) electrons. The second-order valence-corrected chi connectivity index (χ2v) is 9.82. The van der Waals surface area contributed by atoms with E-state index in [4.69, 9.17) is 14.5 Å². The van der Waals surface area contributed by atoms with Gasteiger partial charge in [-0.25, -0.2) is 4.98 Å². The number of para-hydroxylation sites is 2. The predicted octanol–water partition coefficient (Wildman–Crippen LogP) is 3.85. The molecule has 1 aromatic heterocycles. The molecule has 2 fully saturated rings. The molecule has 1 atom stereocenters. The first-order chi connectivity index (χ1) is 17.7. The largest absolute Gasteiger partial charge is 0.497 e. The van der Waals surface area contributed by atoms with Gasteiger partial charge in [-0.15, -0.1) is 0 Å². The molecule has 2 aliphatic heterocycles. The number of rotatable bonds is 8. The van der Waals surface area contributed by atoms with E-state index in [0.29, 0.717) is 26.1 Å². The summed E-state index contributed by atoms with van der Waals surface area (Å²) >= 11 is 1.39. The van der Waals surface area contributed by atoms with Gasteiger partial charge >= 0.3 is 0 Å². The van der Waals surface area contributed by atoms with Crippen LogP contribution in [-0.4, -0.2) is 72.6 Å². The monoisotopic (exact) mass is 507 g/mol. The van der Waals surface area contributed by atoms with Gasteiger partial charge in [0.25, 0.3) is 0 Å². The number of methoxy groups -OCH3 is 1. The highest BCUT2D eigenvalue weighted by Crippen LogP contribution is 2.31. The maximum atomic E-state index is 13.5. The van der Waals surface area contributed by atoms with E-state index in [1.54, 1.807) is 7.11 Å². The number of nitrogens with zero attached hydrogens (tertiary/aromatic N) is 5. The maximum Gasteiger partial charge on any atom is 0.245 e. The molecule has 0 saturated carbocycles. The number of carbonyl (C=O) groups excluding carboxylic acids is 1. The van der Waals surface area contributed by atoms with E-state index >= 15 is 0 Å². The van der Waals surface area contributed by atoms with Gasteiger partial charge in [-0.3, -0.25) is 4.79 Å². The molecule has 2 aliphatic rings. The van der Waals surface area contributed by atoms with Crippen molar-refractivity contribution in [3.63, 3.8) is 0 Å². The highest BCUT2D eigenvalue weighted by molar-refractivity contribution is 7.09. The van der Waals surface area contributed by atoms with Crippen LogP contribution in [0.4, 0.5) is 10.8 Å². The maximum absolute atomic E-state index is 13.5. The predicted molar refractivity (Wildman–Crippen MR) is 142 cm³/mol. The van der Waals surface area contributed by atoms with Gasteiger partial charge in [0.05, 0.1) is 19.4 Å². The highest BCUT2D eigenvalue weighted by Gasteiger charge is 2.36. The normalized spacial score (nSPS) is 17.9. The zero-order valence-corrected chi connectivity index (χ0v) is 21.7. The van der Waals surface area contributed by atoms with Crippen LogP contribution in [0.2, 0.25) is 0 Å². The Morgan fingerprint density at radius 2 is 1.92 bits per heavy atom. The summed E-state index contributed by atoms with van der Waals surface area (Å²) in [6, 6.07) is 16.0. The van der Waals surface area contributed by atoms with Crippen molar-refractivity contribution < 1.29 is 14.3 Å². The Morgan fingerprint density at radius 1 is 1.08 bits per heavy atom. The van der Waals surface area contributed by atoms with Gasteiger partial charge in [-0.05, 0) is 49.6 Å². The summed E-state index contributed by atoms with van der Waals surface area (Å²) in [6.45, 7) is 6.49. The molecule has 2 aromatic carbocycles. The van der Waals surface area contributed by atoms with Crippen LogP contribution in [-0.2, 0) is 11.2 Å². The van der Waals surface area contributed by atoms with Crippen molar-refractivity contribution in [3.8, 4) is 11.5 Å². The van der Waals surface area contributed by atoms with Crippen LogP contribution in [0.15, 0.2) is 48.5 Å². The smallest absolute Gasteiger partial charge is 0.245 e. The Bertz CT molecular complexity index is 1180. The third-order valence-electron chi connectivity index (χ3n) is 6.83. The summed E-state index contributed by atoms with van der Waals surface area (Å²) in [4.78, 5) is 24.8. The van der Waals surface area contributed by atoms with Gasteiger partial charge in [0.1, 0.15) is 23.4 Å². The minimum Gasteiger partial charge on any atom is -0.497 e. The first-order valence-electron chi connectivity index (χ1n) is 12.6. The molecule has 0 N–H and O–H groups in total. The third kappa shape index (κ3) is 5.26. The molecule has 0 bridgehead atoms. The summed E-state index contributed by atoms with van der Waals surface area (Å²) in [5.74, 6) is 2.72. The number of hydrogen-bond acceptors (Lipinski definition) is 8. The zero-order valence-electron chi connectivity index (χ0n) is 20.9. The Kier molecular flexibility index (Phi) is 7.55. The molecule has 190 valence electrons. The average molecular weight is 508 g/mol. The number of piperazine rings is 1. The van der Waals surface area contributed by atoms with Crippen molar-refractivity contribution in [3.05, 3.63) is 59.9 Å². The minimum atomic E-state index is -0.162. The number of hydrogen-bond donors (Lipinski definition) is 0. The van der Waals surface area contributed by atoms with Crippen molar-refractivity contribution in [1.82, 2.24) is 14.3 Å². The average Bonchev–Trinajstić information content (AvgIpc) is 3.59. The standard InChI is InChI=1S/C27H33N5O3S/c1-3-35-24-12-5-4-10-22(24)30-14-16-31(17-15-30)26(33)23-11-7-13-32(23)27-28-25(29-36-27)19-20-8-6-9-21(18-20)34-2/h4-6,8-10,12,18,23H,3,7,11,13-17,19H2,1-2H3. The molecule has 1 unspecified atom stereocenters. The van der Waals surface area contributed by atoms with Crippen LogP contribution in [0.5, 0.6) is 11.5 Å². The Labute approximate surface area is 216 Å². The minimum absolute atomic E-state index is 0.162.